The lowest BCUT2D eigenvalue weighted by atomic mass is 9.91. The molecule has 23 heavy (non-hydrogen) atoms. The summed E-state index contributed by atoms with van der Waals surface area (Å²) < 4.78 is 19.3. The summed E-state index contributed by atoms with van der Waals surface area (Å²) >= 11 is 1.59. The number of aliphatic carboxylic acids is 1. The molecular formula is C16H20FNO4S. The predicted molar refractivity (Wildman–Crippen MR) is 86.2 cm³/mol. The molecule has 2 rings (SSSR count). The summed E-state index contributed by atoms with van der Waals surface area (Å²) in [6.07, 6.45) is 2.65. The molecule has 0 aliphatic carbocycles. The Morgan fingerprint density at radius 2 is 2.00 bits per heavy atom. The van der Waals surface area contributed by atoms with Crippen molar-refractivity contribution in [3.63, 3.8) is 0 Å². The number of carbonyl (C=O) groups excluding carboxylic acids is 1. The molecule has 0 aromatic heterocycles. The van der Waals surface area contributed by atoms with Crippen LogP contribution >= 0.6 is 11.8 Å². The number of benzene rings is 1. The van der Waals surface area contributed by atoms with Crippen LogP contribution in [0.25, 0.3) is 0 Å². The van der Waals surface area contributed by atoms with Gasteiger partial charge in [-0.25, -0.2) is 9.18 Å². The van der Waals surface area contributed by atoms with Gasteiger partial charge < -0.3 is 14.7 Å². The molecule has 0 unspecified atom stereocenters. The largest absolute Gasteiger partial charge is 0.478 e. The number of halogens is 1. The third-order valence-corrected chi connectivity index (χ3v) is 4.59. The highest BCUT2D eigenvalue weighted by molar-refractivity contribution is 7.98. The van der Waals surface area contributed by atoms with Crippen LogP contribution in [0.15, 0.2) is 24.3 Å². The molecule has 0 saturated carbocycles. The van der Waals surface area contributed by atoms with Gasteiger partial charge in [-0.15, -0.1) is 0 Å². The predicted octanol–water partition coefficient (Wildman–Crippen LogP) is 2.40. The van der Waals surface area contributed by atoms with Crippen molar-refractivity contribution in [3.05, 3.63) is 30.1 Å². The van der Waals surface area contributed by atoms with Crippen molar-refractivity contribution in [2.24, 2.45) is 0 Å². The summed E-state index contributed by atoms with van der Waals surface area (Å²) in [5.74, 6) is -1.03. The first kappa shape index (κ1) is 17.6. The Hall–Kier alpha value is -1.76. The number of likely N-dealkylation sites (tertiary alicyclic amines) is 1. The van der Waals surface area contributed by atoms with Crippen molar-refractivity contribution in [1.82, 2.24) is 4.90 Å². The van der Waals surface area contributed by atoms with E-state index in [4.69, 9.17) is 4.74 Å². The first-order valence-corrected chi connectivity index (χ1v) is 8.81. The number of carboxylic acid groups (broad SMARTS) is 1. The average molecular weight is 341 g/mol. The van der Waals surface area contributed by atoms with E-state index in [-0.39, 0.29) is 24.5 Å². The molecule has 0 bridgehead atoms. The number of hydrogen-bond donors (Lipinski definition) is 1. The fourth-order valence-corrected chi connectivity index (χ4v) is 2.94. The Kier molecular flexibility index (Phi) is 5.87. The lowest BCUT2D eigenvalue weighted by Crippen LogP contribution is -2.54. The molecule has 1 saturated heterocycles. The fraction of sp³-hybridized carbons (Fsp3) is 0.500. The number of amides is 1. The summed E-state index contributed by atoms with van der Waals surface area (Å²) in [5.41, 5.74) is -1.49. The first-order chi connectivity index (χ1) is 11.0. The quantitative estimate of drug-likeness (QED) is 0.861. The van der Waals surface area contributed by atoms with Gasteiger partial charge in [0.2, 0.25) is 11.5 Å². The van der Waals surface area contributed by atoms with Gasteiger partial charge in [-0.05, 0) is 18.4 Å². The van der Waals surface area contributed by atoms with Gasteiger partial charge in [-0.2, -0.15) is 11.8 Å². The molecular weight excluding hydrogens is 321 g/mol. The Morgan fingerprint density at radius 1 is 1.35 bits per heavy atom. The maximum atomic E-state index is 13.7. The van der Waals surface area contributed by atoms with E-state index >= 15 is 0 Å². The molecule has 126 valence electrons. The number of para-hydroxylation sites is 1. The molecule has 1 N–H and O–H groups in total. The molecule has 1 amide bonds. The van der Waals surface area contributed by atoms with E-state index in [0.717, 1.165) is 5.75 Å². The van der Waals surface area contributed by atoms with Gasteiger partial charge in [0.25, 0.3) is 0 Å². The van der Waals surface area contributed by atoms with Crippen LogP contribution in [0.3, 0.4) is 0 Å². The minimum absolute atomic E-state index is 0.0178. The highest BCUT2D eigenvalue weighted by Gasteiger charge is 2.45. The van der Waals surface area contributed by atoms with E-state index in [0.29, 0.717) is 19.5 Å². The lowest BCUT2D eigenvalue weighted by Gasteiger charge is -2.38. The van der Waals surface area contributed by atoms with E-state index in [1.165, 1.54) is 18.2 Å². The van der Waals surface area contributed by atoms with Gasteiger partial charge in [0.05, 0.1) is 0 Å². The van der Waals surface area contributed by atoms with Crippen molar-refractivity contribution >= 4 is 23.6 Å². The Labute approximate surface area is 138 Å². The third kappa shape index (κ3) is 4.16. The number of piperidine rings is 1. The van der Waals surface area contributed by atoms with Crippen LogP contribution in [0.2, 0.25) is 0 Å². The molecule has 1 aromatic carbocycles. The van der Waals surface area contributed by atoms with Crippen molar-refractivity contribution in [1.29, 1.82) is 0 Å². The summed E-state index contributed by atoms with van der Waals surface area (Å²) in [6.45, 7) is 0.599. The van der Waals surface area contributed by atoms with Gasteiger partial charge in [0.1, 0.15) is 0 Å². The van der Waals surface area contributed by atoms with E-state index in [1.54, 1.807) is 22.7 Å². The molecule has 5 nitrogen and oxygen atoms in total. The first-order valence-electron chi connectivity index (χ1n) is 7.42. The van der Waals surface area contributed by atoms with Crippen molar-refractivity contribution in [2.75, 3.05) is 25.1 Å². The normalized spacial score (nSPS) is 16.9. The second-order valence-electron chi connectivity index (χ2n) is 5.46. The topological polar surface area (TPSA) is 66.8 Å². The number of hydrogen-bond acceptors (Lipinski definition) is 4. The summed E-state index contributed by atoms with van der Waals surface area (Å²) in [7, 11) is 0. The molecule has 0 atom stereocenters. The molecule has 0 spiro atoms. The highest BCUT2D eigenvalue weighted by Crippen LogP contribution is 2.31. The average Bonchev–Trinajstić information content (AvgIpc) is 2.55. The van der Waals surface area contributed by atoms with Gasteiger partial charge in [0.15, 0.2) is 11.6 Å². The standard InChI is InChI=1S/C16H20FNO4S/c1-23-11-6-14(19)18-9-7-16(8-10-18,15(20)21)22-13-5-3-2-4-12(13)17/h2-5H,6-11H2,1H3,(H,20,21). The lowest BCUT2D eigenvalue weighted by molar-refractivity contribution is -0.162. The molecule has 1 heterocycles. The van der Waals surface area contributed by atoms with Crippen LogP contribution < -0.4 is 4.74 Å². The maximum Gasteiger partial charge on any atom is 0.348 e. The SMILES string of the molecule is CSCCC(=O)N1CCC(Oc2ccccc2F)(C(=O)O)CC1. The van der Waals surface area contributed by atoms with E-state index in [1.807, 2.05) is 6.26 Å². The number of nitrogens with zero attached hydrogens (tertiary/aromatic N) is 1. The van der Waals surface area contributed by atoms with Crippen LogP contribution in [0.1, 0.15) is 19.3 Å². The van der Waals surface area contributed by atoms with Crippen molar-refractivity contribution in [3.8, 4) is 5.75 Å². The number of thioether (sulfide) groups is 1. The Balaban J connectivity index is 2.06. The molecule has 7 heteroatoms. The van der Waals surface area contributed by atoms with Crippen LogP contribution in [0, 0.1) is 5.82 Å². The van der Waals surface area contributed by atoms with E-state index < -0.39 is 17.4 Å². The van der Waals surface area contributed by atoms with Crippen molar-refractivity contribution in [2.45, 2.75) is 24.9 Å². The monoisotopic (exact) mass is 341 g/mol. The number of rotatable bonds is 6. The second-order valence-corrected chi connectivity index (χ2v) is 6.44. The Morgan fingerprint density at radius 3 is 2.57 bits per heavy atom. The summed E-state index contributed by atoms with van der Waals surface area (Å²) in [4.78, 5) is 25.4. The molecule has 1 aromatic rings. The van der Waals surface area contributed by atoms with E-state index in [9.17, 15) is 19.1 Å². The van der Waals surface area contributed by atoms with Gasteiger partial charge in [0, 0.05) is 38.1 Å². The highest BCUT2D eigenvalue weighted by atomic mass is 32.2. The van der Waals surface area contributed by atoms with Crippen LogP contribution in [-0.2, 0) is 9.59 Å². The smallest absolute Gasteiger partial charge is 0.348 e. The van der Waals surface area contributed by atoms with Crippen molar-refractivity contribution < 1.29 is 23.8 Å². The fourth-order valence-electron chi connectivity index (χ4n) is 2.56. The van der Waals surface area contributed by atoms with Gasteiger partial charge in [-0.3, -0.25) is 4.79 Å². The summed E-state index contributed by atoms with van der Waals surface area (Å²) in [6, 6.07) is 5.75. The second kappa shape index (κ2) is 7.68. The van der Waals surface area contributed by atoms with Crippen LogP contribution in [0.4, 0.5) is 4.39 Å². The van der Waals surface area contributed by atoms with Gasteiger partial charge in [-0.1, -0.05) is 12.1 Å². The number of carbonyl (C=O) groups is 2. The molecule has 1 aliphatic heterocycles. The Bertz CT molecular complexity index is 573. The molecule has 1 aliphatic rings. The zero-order chi connectivity index (χ0) is 16.9. The third-order valence-electron chi connectivity index (χ3n) is 3.98. The minimum Gasteiger partial charge on any atom is -0.478 e. The van der Waals surface area contributed by atoms with Crippen LogP contribution in [-0.4, -0.2) is 52.6 Å². The zero-order valence-electron chi connectivity index (χ0n) is 13.0. The minimum atomic E-state index is -1.49. The molecule has 0 radical (unpaired) electrons. The van der Waals surface area contributed by atoms with E-state index in [2.05, 4.69) is 0 Å². The maximum absolute atomic E-state index is 13.7. The molecule has 1 fully saturated rings. The zero-order valence-corrected chi connectivity index (χ0v) is 13.8. The summed E-state index contributed by atoms with van der Waals surface area (Å²) in [5, 5.41) is 9.55. The van der Waals surface area contributed by atoms with Gasteiger partial charge >= 0.3 is 5.97 Å². The number of carboxylic acids is 1. The number of ether oxygens (including phenoxy) is 1. The van der Waals surface area contributed by atoms with Crippen LogP contribution in [0.5, 0.6) is 5.75 Å².